The number of pyridine rings is 1. The minimum absolute atomic E-state index is 0.0914. The number of amides is 1. The van der Waals surface area contributed by atoms with E-state index >= 15 is 0 Å². The summed E-state index contributed by atoms with van der Waals surface area (Å²) in [7, 11) is 0. The zero-order valence-electron chi connectivity index (χ0n) is 9.60. The zero-order chi connectivity index (χ0) is 11.7. The molecule has 0 aliphatic carbocycles. The lowest BCUT2D eigenvalue weighted by atomic mass is 9.94. The molecular formula is C13H15N3O. The summed E-state index contributed by atoms with van der Waals surface area (Å²) >= 11 is 0. The molecule has 0 saturated carbocycles. The monoisotopic (exact) mass is 229 g/mol. The van der Waals surface area contributed by atoms with E-state index in [0.717, 1.165) is 37.1 Å². The Hall–Kier alpha value is -1.84. The van der Waals surface area contributed by atoms with Crippen molar-refractivity contribution in [1.82, 2.24) is 14.7 Å². The molecule has 2 aromatic rings. The van der Waals surface area contributed by atoms with Gasteiger partial charge in [-0.25, -0.2) is 4.98 Å². The number of carbonyl (C=O) groups is 1. The first-order valence-corrected chi connectivity index (χ1v) is 6.03. The smallest absolute Gasteiger partial charge is 0.223 e. The van der Waals surface area contributed by atoms with Gasteiger partial charge in [-0.15, -0.1) is 0 Å². The SMILES string of the molecule is O=C1NCCCC1Cc1cn2ccccc2n1. The molecule has 3 heterocycles. The fourth-order valence-electron chi connectivity index (χ4n) is 2.37. The summed E-state index contributed by atoms with van der Waals surface area (Å²) < 4.78 is 2.00. The van der Waals surface area contributed by atoms with Crippen LogP contribution in [-0.2, 0) is 11.2 Å². The third-order valence-electron chi connectivity index (χ3n) is 3.27. The number of carbonyl (C=O) groups excluding carboxylic acids is 1. The fourth-order valence-corrected chi connectivity index (χ4v) is 2.37. The maximum absolute atomic E-state index is 11.7. The van der Waals surface area contributed by atoms with Gasteiger partial charge in [0.1, 0.15) is 5.65 Å². The van der Waals surface area contributed by atoms with Crippen molar-refractivity contribution in [3.63, 3.8) is 0 Å². The van der Waals surface area contributed by atoms with Crippen LogP contribution in [0.15, 0.2) is 30.6 Å². The van der Waals surface area contributed by atoms with E-state index in [-0.39, 0.29) is 11.8 Å². The summed E-state index contributed by atoms with van der Waals surface area (Å²) in [5.41, 5.74) is 1.94. The average molecular weight is 229 g/mol. The number of fused-ring (bicyclic) bond motifs is 1. The summed E-state index contributed by atoms with van der Waals surface area (Å²) in [6.07, 6.45) is 6.78. The molecule has 1 fully saturated rings. The van der Waals surface area contributed by atoms with E-state index in [9.17, 15) is 4.79 Å². The second-order valence-corrected chi connectivity index (χ2v) is 4.53. The normalized spacial score (nSPS) is 20.5. The maximum Gasteiger partial charge on any atom is 0.223 e. The lowest BCUT2D eigenvalue weighted by Crippen LogP contribution is -2.37. The van der Waals surface area contributed by atoms with Crippen LogP contribution in [0.3, 0.4) is 0 Å². The van der Waals surface area contributed by atoms with Crippen LogP contribution in [0.25, 0.3) is 5.65 Å². The zero-order valence-corrected chi connectivity index (χ0v) is 9.60. The molecule has 0 bridgehead atoms. The van der Waals surface area contributed by atoms with Gasteiger partial charge in [0.15, 0.2) is 0 Å². The first kappa shape index (κ1) is 10.3. The Bertz CT molecular complexity index is 513. The molecular weight excluding hydrogens is 214 g/mol. The second-order valence-electron chi connectivity index (χ2n) is 4.53. The number of nitrogens with one attached hydrogen (secondary N) is 1. The summed E-state index contributed by atoms with van der Waals surface area (Å²) in [6.45, 7) is 0.820. The third kappa shape index (κ3) is 2.02. The molecule has 2 aromatic heterocycles. The summed E-state index contributed by atoms with van der Waals surface area (Å²) in [6, 6.07) is 5.93. The number of piperidine rings is 1. The van der Waals surface area contributed by atoms with Crippen LogP contribution in [0.1, 0.15) is 18.5 Å². The number of aromatic nitrogens is 2. The molecule has 0 radical (unpaired) electrons. The molecule has 1 aliphatic rings. The lowest BCUT2D eigenvalue weighted by Gasteiger charge is -2.20. The number of hydrogen-bond donors (Lipinski definition) is 1. The van der Waals surface area contributed by atoms with Gasteiger partial charge in [-0.3, -0.25) is 4.79 Å². The Morgan fingerprint density at radius 1 is 1.47 bits per heavy atom. The minimum Gasteiger partial charge on any atom is -0.356 e. The highest BCUT2D eigenvalue weighted by Crippen LogP contribution is 2.17. The minimum atomic E-state index is 0.0914. The maximum atomic E-state index is 11.7. The highest BCUT2D eigenvalue weighted by atomic mass is 16.1. The molecule has 17 heavy (non-hydrogen) atoms. The predicted octanol–water partition coefficient (Wildman–Crippen LogP) is 1.40. The van der Waals surface area contributed by atoms with Gasteiger partial charge in [0, 0.05) is 31.3 Å². The molecule has 88 valence electrons. The molecule has 1 saturated heterocycles. The molecule has 4 nitrogen and oxygen atoms in total. The third-order valence-corrected chi connectivity index (χ3v) is 3.27. The van der Waals surface area contributed by atoms with Crippen molar-refractivity contribution in [3.8, 4) is 0 Å². The van der Waals surface area contributed by atoms with E-state index in [0.29, 0.717) is 0 Å². The first-order chi connectivity index (χ1) is 8.33. The van der Waals surface area contributed by atoms with Crippen molar-refractivity contribution in [3.05, 3.63) is 36.3 Å². The summed E-state index contributed by atoms with van der Waals surface area (Å²) in [5, 5.41) is 2.91. The van der Waals surface area contributed by atoms with Crippen LogP contribution in [0.4, 0.5) is 0 Å². The van der Waals surface area contributed by atoms with Crippen molar-refractivity contribution in [2.45, 2.75) is 19.3 Å². The van der Waals surface area contributed by atoms with E-state index in [4.69, 9.17) is 0 Å². The van der Waals surface area contributed by atoms with Crippen molar-refractivity contribution >= 4 is 11.6 Å². The molecule has 0 spiro atoms. The summed E-state index contributed by atoms with van der Waals surface area (Å²) in [4.78, 5) is 16.2. The average Bonchev–Trinajstić information content (AvgIpc) is 2.74. The molecule has 1 N–H and O–H groups in total. The molecule has 1 aliphatic heterocycles. The van der Waals surface area contributed by atoms with E-state index in [2.05, 4.69) is 10.3 Å². The molecule has 1 amide bonds. The topological polar surface area (TPSA) is 46.4 Å². The Balaban J connectivity index is 1.82. The van der Waals surface area contributed by atoms with Crippen molar-refractivity contribution < 1.29 is 4.79 Å². The van der Waals surface area contributed by atoms with E-state index in [1.807, 2.05) is 35.0 Å². The second kappa shape index (κ2) is 4.20. The lowest BCUT2D eigenvalue weighted by molar-refractivity contribution is -0.126. The van der Waals surface area contributed by atoms with Crippen LogP contribution in [0.2, 0.25) is 0 Å². The molecule has 0 aromatic carbocycles. The standard InChI is InChI=1S/C13H15N3O/c17-13-10(4-3-6-14-13)8-11-9-16-7-2-1-5-12(16)15-11/h1-2,5,7,9-10H,3-4,6,8H2,(H,14,17). The van der Waals surface area contributed by atoms with Crippen LogP contribution in [-0.4, -0.2) is 21.8 Å². The molecule has 1 atom stereocenters. The molecule has 1 unspecified atom stereocenters. The number of rotatable bonds is 2. The van der Waals surface area contributed by atoms with Gasteiger partial charge in [-0.05, 0) is 25.0 Å². The fraction of sp³-hybridized carbons (Fsp3) is 0.385. The van der Waals surface area contributed by atoms with Gasteiger partial charge >= 0.3 is 0 Å². The van der Waals surface area contributed by atoms with E-state index < -0.39 is 0 Å². The van der Waals surface area contributed by atoms with Gasteiger partial charge < -0.3 is 9.72 Å². The summed E-state index contributed by atoms with van der Waals surface area (Å²) in [5.74, 6) is 0.266. The van der Waals surface area contributed by atoms with Gasteiger partial charge in [-0.1, -0.05) is 6.07 Å². The van der Waals surface area contributed by atoms with E-state index in [1.165, 1.54) is 0 Å². The number of hydrogen-bond acceptors (Lipinski definition) is 2. The Labute approximate surface area is 99.7 Å². The molecule has 3 rings (SSSR count). The Morgan fingerprint density at radius 2 is 2.41 bits per heavy atom. The van der Waals surface area contributed by atoms with Crippen molar-refractivity contribution in [2.24, 2.45) is 5.92 Å². The Kier molecular flexibility index (Phi) is 2.55. The van der Waals surface area contributed by atoms with Crippen LogP contribution in [0.5, 0.6) is 0 Å². The highest BCUT2D eigenvalue weighted by molar-refractivity contribution is 5.79. The van der Waals surface area contributed by atoms with Gasteiger partial charge in [0.05, 0.1) is 5.69 Å². The van der Waals surface area contributed by atoms with Crippen LogP contribution < -0.4 is 5.32 Å². The van der Waals surface area contributed by atoms with Crippen molar-refractivity contribution in [1.29, 1.82) is 0 Å². The van der Waals surface area contributed by atoms with Crippen LogP contribution >= 0.6 is 0 Å². The number of imidazole rings is 1. The highest BCUT2D eigenvalue weighted by Gasteiger charge is 2.22. The van der Waals surface area contributed by atoms with E-state index in [1.54, 1.807) is 0 Å². The van der Waals surface area contributed by atoms with Crippen molar-refractivity contribution in [2.75, 3.05) is 6.54 Å². The number of nitrogens with zero attached hydrogens (tertiary/aromatic N) is 2. The molecule has 4 heteroatoms. The quantitative estimate of drug-likeness (QED) is 0.846. The van der Waals surface area contributed by atoms with Gasteiger partial charge in [0.2, 0.25) is 5.91 Å². The van der Waals surface area contributed by atoms with Gasteiger partial charge in [0.25, 0.3) is 0 Å². The Morgan fingerprint density at radius 3 is 3.24 bits per heavy atom. The predicted molar refractivity (Wildman–Crippen MR) is 64.6 cm³/mol. The first-order valence-electron chi connectivity index (χ1n) is 6.03. The largest absolute Gasteiger partial charge is 0.356 e. The van der Waals surface area contributed by atoms with Crippen LogP contribution in [0, 0.1) is 5.92 Å². The van der Waals surface area contributed by atoms with Gasteiger partial charge in [-0.2, -0.15) is 0 Å².